The number of primary amides is 1. The van der Waals surface area contributed by atoms with E-state index in [2.05, 4.69) is 0 Å². The molecule has 1 aromatic carbocycles. The number of nitrogens with zero attached hydrogens (tertiary/aromatic N) is 1. The molecule has 1 aliphatic heterocycles. The molecule has 1 fully saturated rings. The number of carbonyl (C=O) groups excluding carboxylic acids is 2. The van der Waals surface area contributed by atoms with Crippen LogP contribution in [0.5, 0.6) is 5.75 Å². The molecule has 7 nitrogen and oxygen atoms in total. The Kier molecular flexibility index (Phi) is 4.64. The van der Waals surface area contributed by atoms with Crippen LogP contribution in [0.15, 0.2) is 24.3 Å². The molecule has 2 atom stereocenters. The van der Waals surface area contributed by atoms with Crippen molar-refractivity contribution >= 4 is 17.5 Å². The van der Waals surface area contributed by atoms with E-state index in [1.165, 1.54) is 4.90 Å². The summed E-state index contributed by atoms with van der Waals surface area (Å²) in [6.45, 7) is 0.315. The van der Waals surface area contributed by atoms with Gasteiger partial charge in [-0.05, 0) is 24.3 Å². The predicted molar refractivity (Wildman–Crippen MR) is 76.3 cm³/mol. The Bertz CT molecular complexity index is 517. The SMILES string of the molecule is NC(=O)C1CC(O)CN1C(=O)CCOc1ccc(N)cc1. The van der Waals surface area contributed by atoms with Gasteiger partial charge in [0.1, 0.15) is 11.8 Å². The Hall–Kier alpha value is -2.28. The number of amides is 2. The summed E-state index contributed by atoms with van der Waals surface area (Å²) in [6, 6.07) is 6.11. The fraction of sp³-hybridized carbons (Fsp3) is 0.429. The molecule has 114 valence electrons. The van der Waals surface area contributed by atoms with Gasteiger partial charge in [0.2, 0.25) is 11.8 Å². The van der Waals surface area contributed by atoms with Crippen molar-refractivity contribution in [2.75, 3.05) is 18.9 Å². The molecule has 1 aromatic rings. The van der Waals surface area contributed by atoms with Gasteiger partial charge in [0.15, 0.2) is 0 Å². The van der Waals surface area contributed by atoms with Gasteiger partial charge in [-0.2, -0.15) is 0 Å². The molecule has 2 rings (SSSR count). The zero-order valence-corrected chi connectivity index (χ0v) is 11.6. The van der Waals surface area contributed by atoms with Crippen molar-refractivity contribution in [3.8, 4) is 5.75 Å². The molecular formula is C14H19N3O4. The maximum atomic E-state index is 12.1. The molecule has 1 heterocycles. The highest BCUT2D eigenvalue weighted by atomic mass is 16.5. The van der Waals surface area contributed by atoms with Crippen LogP contribution in [0.4, 0.5) is 5.69 Å². The highest BCUT2D eigenvalue weighted by molar-refractivity contribution is 5.87. The second kappa shape index (κ2) is 6.45. The predicted octanol–water partition coefficient (Wildman–Crippen LogP) is -0.515. The third-order valence-corrected chi connectivity index (χ3v) is 3.39. The molecule has 1 saturated heterocycles. The van der Waals surface area contributed by atoms with Crippen LogP contribution in [0.25, 0.3) is 0 Å². The average molecular weight is 293 g/mol. The third kappa shape index (κ3) is 3.85. The van der Waals surface area contributed by atoms with E-state index in [9.17, 15) is 14.7 Å². The van der Waals surface area contributed by atoms with E-state index >= 15 is 0 Å². The van der Waals surface area contributed by atoms with Gasteiger partial charge in [-0.3, -0.25) is 9.59 Å². The van der Waals surface area contributed by atoms with Gasteiger partial charge in [0.05, 0.1) is 19.1 Å². The highest BCUT2D eigenvalue weighted by Crippen LogP contribution is 2.19. The van der Waals surface area contributed by atoms with Gasteiger partial charge < -0.3 is 26.2 Å². The van der Waals surface area contributed by atoms with Gasteiger partial charge in [0, 0.05) is 18.7 Å². The van der Waals surface area contributed by atoms with E-state index in [0.717, 1.165) is 0 Å². The number of hydrogen-bond acceptors (Lipinski definition) is 5. The molecule has 2 amide bonds. The number of hydrogen-bond donors (Lipinski definition) is 3. The maximum absolute atomic E-state index is 12.1. The second-order valence-corrected chi connectivity index (χ2v) is 5.02. The van der Waals surface area contributed by atoms with Crippen molar-refractivity contribution in [3.63, 3.8) is 0 Å². The smallest absolute Gasteiger partial charge is 0.240 e. The molecule has 7 heteroatoms. The number of ether oxygens (including phenoxy) is 1. The summed E-state index contributed by atoms with van der Waals surface area (Å²) in [5, 5.41) is 9.55. The quantitative estimate of drug-likeness (QED) is 0.631. The minimum absolute atomic E-state index is 0.112. The van der Waals surface area contributed by atoms with Gasteiger partial charge in [-0.15, -0.1) is 0 Å². The first-order chi connectivity index (χ1) is 9.97. The molecule has 0 radical (unpaired) electrons. The number of aliphatic hydroxyl groups is 1. The van der Waals surface area contributed by atoms with E-state index < -0.39 is 18.1 Å². The van der Waals surface area contributed by atoms with Crippen molar-refractivity contribution in [3.05, 3.63) is 24.3 Å². The Morgan fingerprint density at radius 3 is 2.62 bits per heavy atom. The molecule has 0 saturated carbocycles. The van der Waals surface area contributed by atoms with Crippen molar-refractivity contribution < 1.29 is 19.4 Å². The Morgan fingerprint density at radius 1 is 1.33 bits per heavy atom. The first-order valence-corrected chi connectivity index (χ1v) is 6.72. The monoisotopic (exact) mass is 293 g/mol. The van der Waals surface area contributed by atoms with Crippen LogP contribution in [-0.2, 0) is 9.59 Å². The Balaban J connectivity index is 1.84. The number of aliphatic hydroxyl groups excluding tert-OH is 1. The van der Waals surface area contributed by atoms with Crippen molar-refractivity contribution in [2.45, 2.75) is 25.0 Å². The van der Waals surface area contributed by atoms with Gasteiger partial charge in [-0.25, -0.2) is 0 Å². The normalized spacial score (nSPS) is 21.3. The van der Waals surface area contributed by atoms with Crippen LogP contribution < -0.4 is 16.2 Å². The number of rotatable bonds is 5. The lowest BCUT2D eigenvalue weighted by Gasteiger charge is -2.21. The zero-order chi connectivity index (χ0) is 15.4. The molecule has 0 spiro atoms. The first-order valence-electron chi connectivity index (χ1n) is 6.72. The lowest BCUT2D eigenvalue weighted by molar-refractivity contribution is -0.137. The highest BCUT2D eigenvalue weighted by Gasteiger charge is 2.37. The zero-order valence-electron chi connectivity index (χ0n) is 11.6. The molecule has 2 unspecified atom stereocenters. The topological polar surface area (TPSA) is 119 Å². The minimum atomic E-state index is -0.732. The van der Waals surface area contributed by atoms with Crippen LogP contribution in [0.1, 0.15) is 12.8 Å². The number of nitrogen functional groups attached to an aromatic ring is 1. The fourth-order valence-electron chi connectivity index (χ4n) is 2.32. The standard InChI is InChI=1S/C14H19N3O4/c15-9-1-3-11(4-2-9)21-6-5-13(19)17-8-10(18)7-12(17)14(16)20/h1-4,10,12,18H,5-8,15H2,(H2,16,20). The Labute approximate surface area is 122 Å². The van der Waals surface area contributed by atoms with Crippen molar-refractivity contribution in [1.29, 1.82) is 0 Å². The number of carbonyl (C=O) groups is 2. The summed E-state index contributed by atoms with van der Waals surface area (Å²) >= 11 is 0. The number of likely N-dealkylation sites (tertiary alicyclic amines) is 1. The number of benzene rings is 1. The van der Waals surface area contributed by atoms with Gasteiger partial charge in [0.25, 0.3) is 0 Å². The van der Waals surface area contributed by atoms with Crippen LogP contribution in [0.3, 0.4) is 0 Å². The summed E-state index contributed by atoms with van der Waals surface area (Å²) in [5.74, 6) is -0.241. The molecule has 0 aromatic heterocycles. The summed E-state index contributed by atoms with van der Waals surface area (Å²) in [5.41, 5.74) is 11.4. The number of nitrogens with two attached hydrogens (primary N) is 2. The molecule has 21 heavy (non-hydrogen) atoms. The van der Waals surface area contributed by atoms with E-state index in [1.807, 2.05) is 0 Å². The minimum Gasteiger partial charge on any atom is -0.493 e. The molecular weight excluding hydrogens is 274 g/mol. The summed E-state index contributed by atoms with van der Waals surface area (Å²) in [7, 11) is 0. The van der Waals surface area contributed by atoms with Crippen LogP contribution in [0, 0.1) is 0 Å². The van der Waals surface area contributed by atoms with Gasteiger partial charge in [-0.1, -0.05) is 0 Å². The van der Waals surface area contributed by atoms with Crippen molar-refractivity contribution in [2.24, 2.45) is 5.73 Å². The summed E-state index contributed by atoms with van der Waals surface area (Å²) < 4.78 is 5.43. The fourth-order valence-corrected chi connectivity index (χ4v) is 2.32. The van der Waals surface area contributed by atoms with E-state index in [-0.39, 0.29) is 31.9 Å². The maximum Gasteiger partial charge on any atom is 0.240 e. The Morgan fingerprint density at radius 2 is 2.00 bits per heavy atom. The van der Waals surface area contributed by atoms with Crippen molar-refractivity contribution in [1.82, 2.24) is 4.90 Å². The average Bonchev–Trinajstić information content (AvgIpc) is 2.83. The lowest BCUT2D eigenvalue weighted by atomic mass is 10.2. The summed E-state index contributed by atoms with van der Waals surface area (Å²) in [4.78, 5) is 24.6. The molecule has 5 N–H and O–H groups in total. The number of anilines is 1. The van der Waals surface area contributed by atoms with Crippen LogP contribution in [0.2, 0.25) is 0 Å². The third-order valence-electron chi connectivity index (χ3n) is 3.39. The number of β-amino-alcohol motifs (C(OH)–C–C–N with tert-alkyl or cyclic N) is 1. The largest absolute Gasteiger partial charge is 0.493 e. The molecule has 1 aliphatic rings. The lowest BCUT2D eigenvalue weighted by Crippen LogP contribution is -2.44. The molecule has 0 aliphatic carbocycles. The van der Waals surface area contributed by atoms with E-state index in [4.69, 9.17) is 16.2 Å². The van der Waals surface area contributed by atoms with Crippen LogP contribution >= 0.6 is 0 Å². The first kappa shape index (κ1) is 15.1. The molecule has 0 bridgehead atoms. The summed E-state index contributed by atoms with van der Waals surface area (Å²) in [6.07, 6.45) is -0.398. The van der Waals surface area contributed by atoms with Crippen LogP contribution in [-0.4, -0.2) is 47.1 Å². The van der Waals surface area contributed by atoms with E-state index in [0.29, 0.717) is 11.4 Å². The van der Waals surface area contributed by atoms with E-state index in [1.54, 1.807) is 24.3 Å². The van der Waals surface area contributed by atoms with Gasteiger partial charge >= 0.3 is 0 Å². The second-order valence-electron chi connectivity index (χ2n) is 5.02.